The summed E-state index contributed by atoms with van der Waals surface area (Å²) < 4.78 is 28.3. The number of halogens is 1. The summed E-state index contributed by atoms with van der Waals surface area (Å²) in [7, 11) is -3.91. The normalized spacial score (nSPS) is 11.0. The van der Waals surface area contributed by atoms with Crippen molar-refractivity contribution in [1.29, 1.82) is 0 Å². The van der Waals surface area contributed by atoms with Crippen LogP contribution in [0.1, 0.15) is 15.9 Å². The van der Waals surface area contributed by atoms with Crippen molar-refractivity contribution in [2.45, 2.75) is 11.8 Å². The van der Waals surface area contributed by atoms with Crippen molar-refractivity contribution < 1.29 is 22.7 Å². The van der Waals surface area contributed by atoms with E-state index >= 15 is 0 Å². The fraction of sp³-hybridized carbons (Fsp3) is 0.125. The van der Waals surface area contributed by atoms with Crippen LogP contribution in [0.4, 0.5) is 5.69 Å². The Balaban J connectivity index is 2.10. The van der Waals surface area contributed by atoms with E-state index in [1.165, 1.54) is 36.4 Å². The van der Waals surface area contributed by atoms with E-state index in [4.69, 9.17) is 27.2 Å². The number of ether oxygens (including phenoxy) is 1. The van der Waals surface area contributed by atoms with Gasteiger partial charge in [-0.05, 0) is 42.8 Å². The number of benzene rings is 2. The van der Waals surface area contributed by atoms with Crippen molar-refractivity contribution in [2.75, 3.05) is 11.9 Å². The van der Waals surface area contributed by atoms with Crippen molar-refractivity contribution in [3.8, 4) is 5.75 Å². The molecule has 2 aromatic rings. The van der Waals surface area contributed by atoms with Crippen molar-refractivity contribution in [1.82, 2.24) is 0 Å². The summed E-state index contributed by atoms with van der Waals surface area (Å²) in [5, 5.41) is 7.91. The number of carbonyl (C=O) groups excluding carboxylic acids is 2. The van der Waals surface area contributed by atoms with Gasteiger partial charge in [-0.3, -0.25) is 9.59 Å². The lowest BCUT2D eigenvalue weighted by atomic mass is 10.2. The number of rotatable bonds is 6. The van der Waals surface area contributed by atoms with Gasteiger partial charge in [-0.1, -0.05) is 17.7 Å². The van der Waals surface area contributed by atoms with Crippen molar-refractivity contribution in [2.24, 2.45) is 10.9 Å². The monoisotopic (exact) mass is 397 g/mol. The topological polar surface area (TPSA) is 142 Å². The average molecular weight is 398 g/mol. The van der Waals surface area contributed by atoms with Gasteiger partial charge in [-0.25, -0.2) is 13.6 Å². The van der Waals surface area contributed by atoms with Crippen LogP contribution in [0.25, 0.3) is 0 Å². The maximum atomic E-state index is 12.0. The van der Waals surface area contributed by atoms with E-state index in [0.717, 1.165) is 0 Å². The van der Waals surface area contributed by atoms with Crippen molar-refractivity contribution >= 4 is 39.1 Å². The Morgan fingerprint density at radius 3 is 2.50 bits per heavy atom. The van der Waals surface area contributed by atoms with E-state index in [-0.39, 0.29) is 21.9 Å². The zero-order valence-electron chi connectivity index (χ0n) is 13.7. The Bertz CT molecular complexity index is 976. The second-order valence-corrected chi connectivity index (χ2v) is 7.33. The third-order valence-corrected chi connectivity index (χ3v) is 4.63. The highest BCUT2D eigenvalue weighted by molar-refractivity contribution is 7.89. The molecule has 0 aliphatic carbocycles. The molecule has 2 aromatic carbocycles. The first kappa shape index (κ1) is 19.7. The number of nitrogens with two attached hydrogens (primary N) is 2. The van der Waals surface area contributed by atoms with Crippen LogP contribution >= 0.6 is 11.6 Å². The molecule has 8 nitrogen and oxygen atoms in total. The Morgan fingerprint density at radius 1 is 1.19 bits per heavy atom. The molecular weight excluding hydrogens is 382 g/mol. The van der Waals surface area contributed by atoms with Crippen molar-refractivity contribution in [3.05, 3.63) is 52.5 Å². The summed E-state index contributed by atoms with van der Waals surface area (Å²) >= 11 is 5.79. The Kier molecular flexibility index (Phi) is 5.86. The van der Waals surface area contributed by atoms with Gasteiger partial charge in [-0.15, -0.1) is 0 Å². The van der Waals surface area contributed by atoms with Gasteiger partial charge in [0.25, 0.3) is 11.8 Å². The third-order valence-electron chi connectivity index (χ3n) is 3.34. The number of hydrogen-bond donors (Lipinski definition) is 3. The van der Waals surface area contributed by atoms with Crippen LogP contribution in [0.5, 0.6) is 5.75 Å². The minimum absolute atomic E-state index is 0.0390. The minimum Gasteiger partial charge on any atom is -0.483 e. The molecular formula is C16H16ClN3O5S. The van der Waals surface area contributed by atoms with Gasteiger partial charge >= 0.3 is 0 Å². The SMILES string of the molecule is Cc1ccc(NC(=O)COc2ccc(Cl)cc2C(N)=O)cc1S(N)(=O)=O. The highest BCUT2D eigenvalue weighted by atomic mass is 35.5. The molecule has 0 bridgehead atoms. The summed E-state index contributed by atoms with van der Waals surface area (Å²) in [5.41, 5.74) is 5.97. The predicted octanol–water partition coefficient (Wildman–Crippen LogP) is 1.41. The zero-order chi connectivity index (χ0) is 19.5. The number of primary sulfonamides is 1. The first-order chi connectivity index (χ1) is 12.1. The standard InChI is InChI=1S/C16H16ClN3O5S/c1-9-2-4-11(7-14(9)26(19,23)24)20-15(21)8-25-13-5-3-10(17)6-12(13)16(18)22/h2-7H,8H2,1H3,(H2,18,22)(H,20,21)(H2,19,23,24). The van der Waals surface area contributed by atoms with Crippen LogP contribution in [-0.4, -0.2) is 26.8 Å². The van der Waals surface area contributed by atoms with Crippen molar-refractivity contribution in [3.63, 3.8) is 0 Å². The highest BCUT2D eigenvalue weighted by Gasteiger charge is 2.15. The van der Waals surface area contributed by atoms with Crippen LogP contribution in [0, 0.1) is 6.92 Å². The molecule has 0 fully saturated rings. The molecule has 0 saturated carbocycles. The lowest BCUT2D eigenvalue weighted by molar-refractivity contribution is -0.118. The number of sulfonamides is 1. The van der Waals surface area contributed by atoms with E-state index in [9.17, 15) is 18.0 Å². The number of nitrogens with one attached hydrogen (secondary N) is 1. The van der Waals surface area contributed by atoms with E-state index in [0.29, 0.717) is 10.6 Å². The Morgan fingerprint density at radius 2 is 1.88 bits per heavy atom. The first-order valence-electron chi connectivity index (χ1n) is 7.23. The van der Waals surface area contributed by atoms with Gasteiger partial charge in [0.15, 0.2) is 6.61 Å². The van der Waals surface area contributed by atoms with Gasteiger partial charge < -0.3 is 15.8 Å². The third kappa shape index (κ3) is 4.94. The largest absolute Gasteiger partial charge is 0.483 e. The maximum absolute atomic E-state index is 12.0. The molecule has 2 amide bonds. The average Bonchev–Trinajstić information content (AvgIpc) is 2.54. The molecule has 0 aliphatic rings. The molecule has 0 atom stereocenters. The van der Waals surface area contributed by atoms with E-state index in [1.807, 2.05) is 0 Å². The molecule has 138 valence electrons. The highest BCUT2D eigenvalue weighted by Crippen LogP contribution is 2.23. The molecule has 2 rings (SSSR count). The molecule has 26 heavy (non-hydrogen) atoms. The van der Waals surface area contributed by atoms with Crippen LogP contribution in [0.3, 0.4) is 0 Å². The lowest BCUT2D eigenvalue weighted by Crippen LogP contribution is -2.22. The predicted molar refractivity (Wildman–Crippen MR) is 96.6 cm³/mol. The molecule has 0 aliphatic heterocycles. The summed E-state index contributed by atoms with van der Waals surface area (Å²) in [6, 6.07) is 8.52. The number of amides is 2. The number of hydrogen-bond acceptors (Lipinski definition) is 5. The van der Waals surface area contributed by atoms with Gasteiger partial charge in [-0.2, -0.15) is 0 Å². The Labute approximate surface area is 155 Å². The quantitative estimate of drug-likeness (QED) is 0.675. The van der Waals surface area contributed by atoms with E-state index in [2.05, 4.69) is 5.32 Å². The fourth-order valence-electron chi connectivity index (χ4n) is 2.15. The molecule has 0 saturated heterocycles. The molecule has 0 spiro atoms. The smallest absolute Gasteiger partial charge is 0.262 e. The van der Waals surface area contributed by atoms with Gasteiger partial charge in [0.2, 0.25) is 10.0 Å². The molecule has 0 heterocycles. The number of anilines is 1. The zero-order valence-corrected chi connectivity index (χ0v) is 15.2. The maximum Gasteiger partial charge on any atom is 0.262 e. The van der Waals surface area contributed by atoms with E-state index in [1.54, 1.807) is 6.92 Å². The first-order valence-corrected chi connectivity index (χ1v) is 9.16. The summed E-state index contributed by atoms with van der Waals surface area (Å²) in [6.07, 6.45) is 0. The summed E-state index contributed by atoms with van der Waals surface area (Å²) in [4.78, 5) is 23.3. The number of primary amides is 1. The molecule has 5 N–H and O–H groups in total. The fourth-order valence-corrected chi connectivity index (χ4v) is 3.13. The van der Waals surface area contributed by atoms with Gasteiger partial charge in [0, 0.05) is 10.7 Å². The van der Waals surface area contributed by atoms with Crippen LogP contribution in [0.2, 0.25) is 5.02 Å². The molecule has 0 aromatic heterocycles. The van der Waals surface area contributed by atoms with Crippen LogP contribution < -0.4 is 20.9 Å². The van der Waals surface area contributed by atoms with Crippen LogP contribution in [0.15, 0.2) is 41.3 Å². The lowest BCUT2D eigenvalue weighted by Gasteiger charge is -2.11. The molecule has 0 unspecified atom stereocenters. The number of aryl methyl sites for hydroxylation is 1. The Hall–Kier alpha value is -2.62. The summed E-state index contributed by atoms with van der Waals surface area (Å²) in [6.45, 7) is 1.15. The van der Waals surface area contributed by atoms with Crippen LogP contribution in [-0.2, 0) is 14.8 Å². The second kappa shape index (κ2) is 7.73. The second-order valence-electron chi connectivity index (χ2n) is 5.37. The van der Waals surface area contributed by atoms with Gasteiger partial charge in [0.1, 0.15) is 5.75 Å². The molecule has 0 radical (unpaired) electrons. The summed E-state index contributed by atoms with van der Waals surface area (Å²) in [5.74, 6) is -1.22. The number of carbonyl (C=O) groups is 2. The minimum atomic E-state index is -3.91. The van der Waals surface area contributed by atoms with Gasteiger partial charge in [0.05, 0.1) is 10.5 Å². The molecule has 10 heteroatoms. The van der Waals surface area contributed by atoms with E-state index < -0.39 is 28.4 Å².